The normalized spacial score (nSPS) is 16.9. The molecule has 138 valence electrons. The fraction of sp³-hybridized carbons (Fsp3) is 0.529. The second kappa shape index (κ2) is 7.26. The number of aliphatic hydroxyl groups excluding tert-OH is 1. The van der Waals surface area contributed by atoms with E-state index in [2.05, 4.69) is 27.3 Å². The van der Waals surface area contributed by atoms with Crippen molar-refractivity contribution in [2.24, 2.45) is 0 Å². The number of aromatic nitrogens is 4. The number of carbonyl (C=O) groups is 1. The van der Waals surface area contributed by atoms with Crippen molar-refractivity contribution < 1.29 is 14.6 Å². The number of carbonyl (C=O) groups excluding carboxylic acids is 1. The van der Waals surface area contributed by atoms with E-state index in [0.717, 1.165) is 23.1 Å². The molecule has 9 heteroatoms. The topological polar surface area (TPSA) is 102 Å². The number of nitrogens with zero attached hydrogens (tertiary/aromatic N) is 4. The van der Waals surface area contributed by atoms with Crippen molar-refractivity contribution in [2.45, 2.75) is 32.1 Å². The van der Waals surface area contributed by atoms with Gasteiger partial charge in [-0.05, 0) is 30.7 Å². The van der Waals surface area contributed by atoms with Gasteiger partial charge in [0.2, 0.25) is 5.82 Å². The summed E-state index contributed by atoms with van der Waals surface area (Å²) in [5.41, 5.74) is 2.02. The van der Waals surface area contributed by atoms with Gasteiger partial charge < -0.3 is 15.2 Å². The van der Waals surface area contributed by atoms with Crippen molar-refractivity contribution in [1.82, 2.24) is 24.9 Å². The third kappa shape index (κ3) is 3.06. The Labute approximate surface area is 154 Å². The fourth-order valence-electron chi connectivity index (χ4n) is 3.46. The van der Waals surface area contributed by atoms with Crippen molar-refractivity contribution in [3.63, 3.8) is 0 Å². The number of rotatable bonds is 6. The minimum absolute atomic E-state index is 0.0334. The first-order valence-electron chi connectivity index (χ1n) is 8.82. The molecule has 1 aliphatic rings. The van der Waals surface area contributed by atoms with Crippen LogP contribution in [-0.4, -0.2) is 57.0 Å². The van der Waals surface area contributed by atoms with Crippen molar-refractivity contribution >= 4 is 33.1 Å². The van der Waals surface area contributed by atoms with E-state index in [0.29, 0.717) is 24.7 Å². The summed E-state index contributed by atoms with van der Waals surface area (Å²) in [6.45, 7) is 3.14. The van der Waals surface area contributed by atoms with Crippen LogP contribution in [0.3, 0.4) is 0 Å². The van der Waals surface area contributed by atoms with Crippen LogP contribution in [0, 0.1) is 0 Å². The van der Waals surface area contributed by atoms with Gasteiger partial charge in [-0.15, -0.1) is 16.4 Å². The van der Waals surface area contributed by atoms with Crippen molar-refractivity contribution in [1.29, 1.82) is 0 Å². The predicted molar refractivity (Wildman–Crippen MR) is 97.8 cm³/mol. The molecule has 1 aliphatic carbocycles. The molecule has 0 unspecified atom stereocenters. The van der Waals surface area contributed by atoms with Gasteiger partial charge in [0.05, 0.1) is 25.2 Å². The lowest BCUT2D eigenvalue weighted by atomic mass is 9.87. The molecular formula is C17H21N5O3S. The van der Waals surface area contributed by atoms with Crippen LogP contribution < -0.4 is 5.32 Å². The third-order valence-corrected chi connectivity index (χ3v) is 5.82. The molecule has 3 aromatic rings. The average Bonchev–Trinajstić information content (AvgIpc) is 3.22. The van der Waals surface area contributed by atoms with Crippen LogP contribution in [0.4, 0.5) is 0 Å². The number of thiophene rings is 1. The first kappa shape index (κ1) is 17.3. The zero-order chi connectivity index (χ0) is 18.1. The number of amides is 1. The van der Waals surface area contributed by atoms with Crippen molar-refractivity contribution in [2.75, 3.05) is 26.4 Å². The summed E-state index contributed by atoms with van der Waals surface area (Å²) >= 11 is 1.73. The molecule has 3 heterocycles. The van der Waals surface area contributed by atoms with Gasteiger partial charge in [-0.3, -0.25) is 4.79 Å². The monoisotopic (exact) mass is 375 g/mol. The maximum absolute atomic E-state index is 12.3. The lowest BCUT2D eigenvalue weighted by Crippen LogP contribution is -2.28. The lowest BCUT2D eigenvalue weighted by Gasteiger charge is -2.18. The Hall–Kier alpha value is -2.10. The number of nitrogens with one attached hydrogen (secondary N) is 1. The molecule has 2 N–H and O–H groups in total. The Balaban J connectivity index is 1.63. The Kier molecular flexibility index (Phi) is 4.84. The second-order valence-electron chi connectivity index (χ2n) is 6.45. The fourth-order valence-corrected chi connectivity index (χ4v) is 4.76. The van der Waals surface area contributed by atoms with Gasteiger partial charge in [-0.25, -0.2) is 14.5 Å². The molecule has 3 aromatic heterocycles. The number of hydrogen-bond acceptors (Lipinski definition) is 7. The summed E-state index contributed by atoms with van der Waals surface area (Å²) in [6.07, 6.45) is 5.08. The molecule has 0 radical (unpaired) electrons. The lowest BCUT2D eigenvalue weighted by molar-refractivity contribution is 0.0832. The quantitative estimate of drug-likeness (QED) is 0.634. The van der Waals surface area contributed by atoms with E-state index in [-0.39, 0.29) is 24.9 Å². The molecule has 0 aliphatic heterocycles. The van der Waals surface area contributed by atoms with Crippen LogP contribution in [0.2, 0.25) is 0 Å². The SMILES string of the molecule is C[C@@H]1CCCc2sc3ncn4nc(C(=O)NCCOCCO)nc4c3c21. The Morgan fingerprint density at radius 2 is 2.38 bits per heavy atom. The molecule has 4 rings (SSSR count). The summed E-state index contributed by atoms with van der Waals surface area (Å²) in [4.78, 5) is 23.7. The van der Waals surface area contributed by atoms with E-state index in [1.807, 2.05) is 0 Å². The molecule has 0 saturated heterocycles. The zero-order valence-corrected chi connectivity index (χ0v) is 15.4. The minimum Gasteiger partial charge on any atom is -0.394 e. The molecule has 1 amide bonds. The molecule has 0 aromatic carbocycles. The second-order valence-corrected chi connectivity index (χ2v) is 7.54. The largest absolute Gasteiger partial charge is 0.394 e. The number of ether oxygens (including phenoxy) is 1. The molecule has 0 fully saturated rings. The van der Waals surface area contributed by atoms with Gasteiger partial charge in [0, 0.05) is 11.4 Å². The van der Waals surface area contributed by atoms with Gasteiger partial charge in [0.1, 0.15) is 11.2 Å². The maximum atomic E-state index is 12.3. The van der Waals surface area contributed by atoms with Gasteiger partial charge in [-0.2, -0.15) is 0 Å². The molecule has 1 atom stereocenters. The van der Waals surface area contributed by atoms with E-state index in [9.17, 15) is 4.79 Å². The molecule has 0 spiro atoms. The third-order valence-electron chi connectivity index (χ3n) is 4.65. The zero-order valence-electron chi connectivity index (χ0n) is 14.6. The van der Waals surface area contributed by atoms with Crippen LogP contribution in [0.15, 0.2) is 6.33 Å². The average molecular weight is 375 g/mol. The van der Waals surface area contributed by atoms with Crippen LogP contribution in [0.25, 0.3) is 15.9 Å². The van der Waals surface area contributed by atoms with Crippen LogP contribution in [-0.2, 0) is 11.2 Å². The van der Waals surface area contributed by atoms with Gasteiger partial charge >= 0.3 is 0 Å². The highest BCUT2D eigenvalue weighted by Crippen LogP contribution is 2.42. The summed E-state index contributed by atoms with van der Waals surface area (Å²) in [7, 11) is 0. The van der Waals surface area contributed by atoms with Crippen LogP contribution in [0.5, 0.6) is 0 Å². The van der Waals surface area contributed by atoms with Crippen molar-refractivity contribution in [3.8, 4) is 0 Å². The first-order valence-corrected chi connectivity index (χ1v) is 9.64. The Bertz CT molecular complexity index is 951. The standard InChI is InChI=1S/C17H21N5O3S/c1-10-3-2-4-11-12(10)13-15-20-14(16(24)18-5-7-25-8-6-23)21-22(15)9-19-17(13)26-11/h9-10,23H,2-8H2,1H3,(H,18,24)/t10-/m1/s1. The van der Waals surface area contributed by atoms with Crippen molar-refractivity contribution in [3.05, 3.63) is 22.6 Å². The predicted octanol–water partition coefficient (Wildman–Crippen LogP) is 1.52. The highest BCUT2D eigenvalue weighted by molar-refractivity contribution is 7.19. The number of aliphatic hydroxyl groups is 1. The summed E-state index contributed by atoms with van der Waals surface area (Å²) in [6, 6.07) is 0. The van der Waals surface area contributed by atoms with Gasteiger partial charge in [0.15, 0.2) is 5.65 Å². The number of aryl methyl sites for hydroxylation is 1. The first-order chi connectivity index (χ1) is 12.7. The van der Waals surface area contributed by atoms with E-state index >= 15 is 0 Å². The van der Waals surface area contributed by atoms with E-state index in [1.54, 1.807) is 22.2 Å². The minimum atomic E-state index is -0.341. The molecular weight excluding hydrogens is 354 g/mol. The van der Waals surface area contributed by atoms with Gasteiger partial charge in [-0.1, -0.05) is 6.92 Å². The van der Waals surface area contributed by atoms with E-state index < -0.39 is 0 Å². The molecule has 0 bridgehead atoms. The highest BCUT2D eigenvalue weighted by Gasteiger charge is 2.25. The number of fused-ring (bicyclic) bond motifs is 5. The van der Waals surface area contributed by atoms with Gasteiger partial charge in [0.25, 0.3) is 5.91 Å². The Morgan fingerprint density at radius 3 is 3.23 bits per heavy atom. The molecule has 0 saturated carbocycles. The smallest absolute Gasteiger partial charge is 0.291 e. The summed E-state index contributed by atoms with van der Waals surface area (Å²) in [5, 5.41) is 16.7. The number of hydrogen-bond donors (Lipinski definition) is 2. The van der Waals surface area contributed by atoms with Crippen LogP contribution >= 0.6 is 11.3 Å². The molecule has 26 heavy (non-hydrogen) atoms. The van der Waals surface area contributed by atoms with E-state index in [4.69, 9.17) is 9.84 Å². The maximum Gasteiger partial charge on any atom is 0.291 e. The van der Waals surface area contributed by atoms with Crippen LogP contribution in [0.1, 0.15) is 46.7 Å². The molecule has 8 nitrogen and oxygen atoms in total. The highest BCUT2D eigenvalue weighted by atomic mass is 32.1. The van der Waals surface area contributed by atoms with E-state index in [1.165, 1.54) is 16.9 Å². The summed E-state index contributed by atoms with van der Waals surface area (Å²) < 4.78 is 6.72. The summed E-state index contributed by atoms with van der Waals surface area (Å²) in [5.74, 6) is 0.259. The Morgan fingerprint density at radius 1 is 1.50 bits per heavy atom.